The lowest BCUT2D eigenvalue weighted by molar-refractivity contribution is 0.150. The molecule has 1 heterocycles. The number of hydrogen-bond acceptors (Lipinski definition) is 1. The summed E-state index contributed by atoms with van der Waals surface area (Å²) in [5, 5.41) is 0. The van der Waals surface area contributed by atoms with Gasteiger partial charge in [0.2, 0.25) is 0 Å². The fraction of sp³-hybridized carbons (Fsp3) is 0.143. The Morgan fingerprint density at radius 1 is 1.50 bits per heavy atom. The van der Waals surface area contributed by atoms with Crippen molar-refractivity contribution in [2.75, 3.05) is 0 Å². The number of alkyl halides is 2. The SMILES string of the molecule is [CH2]c1ncccc1C(F)F. The molecule has 1 aromatic heterocycles. The molecule has 53 valence electrons. The molecule has 1 nitrogen and oxygen atoms in total. The molecule has 0 saturated carbocycles. The van der Waals surface area contributed by atoms with Crippen molar-refractivity contribution in [3.63, 3.8) is 0 Å². The van der Waals surface area contributed by atoms with Crippen LogP contribution in [-0.2, 0) is 0 Å². The Balaban J connectivity index is 3.03. The molecule has 0 spiro atoms. The van der Waals surface area contributed by atoms with Gasteiger partial charge in [-0.25, -0.2) is 8.78 Å². The summed E-state index contributed by atoms with van der Waals surface area (Å²) >= 11 is 0. The number of hydrogen-bond donors (Lipinski definition) is 0. The molecule has 0 fully saturated rings. The third kappa shape index (κ3) is 1.29. The molecule has 0 atom stereocenters. The summed E-state index contributed by atoms with van der Waals surface area (Å²) in [6, 6.07) is 2.79. The molecule has 0 saturated heterocycles. The molecule has 0 N–H and O–H groups in total. The number of halogens is 2. The Morgan fingerprint density at radius 2 is 2.20 bits per heavy atom. The van der Waals surface area contributed by atoms with E-state index in [4.69, 9.17) is 0 Å². The quantitative estimate of drug-likeness (QED) is 0.585. The average Bonchev–Trinajstić information content (AvgIpc) is 1.88. The van der Waals surface area contributed by atoms with E-state index in [1.807, 2.05) is 0 Å². The molecule has 0 aliphatic heterocycles. The van der Waals surface area contributed by atoms with Gasteiger partial charge in [0.25, 0.3) is 6.43 Å². The molecule has 3 heteroatoms. The van der Waals surface area contributed by atoms with Crippen LogP contribution in [0.4, 0.5) is 8.78 Å². The van der Waals surface area contributed by atoms with Crippen LogP contribution in [0.2, 0.25) is 0 Å². The number of nitrogens with zero attached hydrogens (tertiary/aromatic N) is 1. The zero-order chi connectivity index (χ0) is 7.56. The minimum absolute atomic E-state index is 0.0949. The van der Waals surface area contributed by atoms with Gasteiger partial charge in [-0.05, 0) is 19.1 Å². The van der Waals surface area contributed by atoms with Crippen LogP contribution < -0.4 is 0 Å². The van der Waals surface area contributed by atoms with Crippen molar-refractivity contribution in [2.24, 2.45) is 0 Å². The molecule has 0 bridgehead atoms. The lowest BCUT2D eigenvalue weighted by atomic mass is 10.2. The molecule has 1 aromatic rings. The van der Waals surface area contributed by atoms with Crippen LogP contribution in [-0.4, -0.2) is 4.98 Å². The van der Waals surface area contributed by atoms with E-state index in [9.17, 15) is 8.78 Å². The largest absolute Gasteiger partial charge is 0.265 e. The zero-order valence-corrected chi connectivity index (χ0v) is 5.22. The van der Waals surface area contributed by atoms with Gasteiger partial charge in [-0.3, -0.25) is 4.98 Å². The van der Waals surface area contributed by atoms with E-state index in [1.54, 1.807) is 0 Å². The number of aromatic nitrogens is 1. The highest BCUT2D eigenvalue weighted by molar-refractivity contribution is 5.22. The van der Waals surface area contributed by atoms with E-state index in [0.717, 1.165) is 0 Å². The first-order valence-electron chi connectivity index (χ1n) is 2.77. The maximum atomic E-state index is 11.9. The molecule has 1 radical (unpaired) electrons. The molecular weight excluding hydrogens is 136 g/mol. The van der Waals surface area contributed by atoms with E-state index >= 15 is 0 Å². The number of rotatable bonds is 1. The van der Waals surface area contributed by atoms with Gasteiger partial charge in [-0.2, -0.15) is 0 Å². The van der Waals surface area contributed by atoms with Crippen LogP contribution in [0.15, 0.2) is 18.3 Å². The first-order valence-corrected chi connectivity index (χ1v) is 2.77. The van der Waals surface area contributed by atoms with E-state index in [2.05, 4.69) is 11.9 Å². The maximum Gasteiger partial charge on any atom is 0.265 e. The highest BCUT2D eigenvalue weighted by Crippen LogP contribution is 2.19. The first kappa shape index (κ1) is 7.12. The van der Waals surface area contributed by atoms with Crippen LogP contribution in [0.5, 0.6) is 0 Å². The Hall–Kier alpha value is -0.990. The summed E-state index contributed by atoms with van der Waals surface area (Å²) in [6.07, 6.45) is -1.03. The van der Waals surface area contributed by atoms with Gasteiger partial charge in [0.15, 0.2) is 0 Å². The highest BCUT2D eigenvalue weighted by atomic mass is 19.3. The minimum atomic E-state index is -2.47. The Labute approximate surface area is 57.7 Å². The van der Waals surface area contributed by atoms with Crippen LogP contribution in [0, 0.1) is 6.92 Å². The second-order valence-corrected chi connectivity index (χ2v) is 1.84. The van der Waals surface area contributed by atoms with Crippen LogP contribution in [0.3, 0.4) is 0 Å². The fourth-order valence-corrected chi connectivity index (χ4v) is 0.649. The lowest BCUT2D eigenvalue weighted by Gasteiger charge is -2.00. The van der Waals surface area contributed by atoms with Crippen molar-refractivity contribution in [2.45, 2.75) is 6.43 Å². The van der Waals surface area contributed by atoms with Crippen molar-refractivity contribution in [3.05, 3.63) is 36.5 Å². The lowest BCUT2D eigenvalue weighted by Crippen LogP contribution is -1.90. The van der Waals surface area contributed by atoms with Crippen LogP contribution >= 0.6 is 0 Å². The highest BCUT2D eigenvalue weighted by Gasteiger charge is 2.08. The standard InChI is InChI=1S/C7H6F2N/c1-5-6(7(8)9)3-2-4-10-5/h2-4,7H,1H2. The van der Waals surface area contributed by atoms with Gasteiger partial charge >= 0.3 is 0 Å². The zero-order valence-electron chi connectivity index (χ0n) is 5.22. The average molecular weight is 142 g/mol. The van der Waals surface area contributed by atoms with E-state index < -0.39 is 6.43 Å². The van der Waals surface area contributed by atoms with Gasteiger partial charge < -0.3 is 0 Å². The summed E-state index contributed by atoms with van der Waals surface area (Å²) in [5.74, 6) is 0. The summed E-state index contributed by atoms with van der Waals surface area (Å²) in [7, 11) is 0. The van der Waals surface area contributed by atoms with Gasteiger partial charge in [-0.1, -0.05) is 0 Å². The van der Waals surface area contributed by atoms with Gasteiger partial charge in [0.05, 0.1) is 0 Å². The fourth-order valence-electron chi connectivity index (χ4n) is 0.649. The second-order valence-electron chi connectivity index (χ2n) is 1.84. The van der Waals surface area contributed by atoms with Gasteiger partial charge in [0.1, 0.15) is 0 Å². The Morgan fingerprint density at radius 3 is 2.60 bits per heavy atom. The topological polar surface area (TPSA) is 12.9 Å². The first-order chi connectivity index (χ1) is 4.72. The van der Waals surface area contributed by atoms with Gasteiger partial charge in [0, 0.05) is 17.5 Å². The molecule has 0 unspecified atom stereocenters. The molecule has 0 aliphatic carbocycles. The van der Waals surface area contributed by atoms with Crippen molar-refractivity contribution in [3.8, 4) is 0 Å². The minimum Gasteiger partial charge on any atom is -0.261 e. The van der Waals surface area contributed by atoms with Crippen molar-refractivity contribution < 1.29 is 8.78 Å². The van der Waals surface area contributed by atoms with Crippen LogP contribution in [0.1, 0.15) is 17.7 Å². The second kappa shape index (κ2) is 2.73. The molecule has 0 aliphatic rings. The summed E-state index contributed by atoms with van der Waals surface area (Å²) in [4.78, 5) is 3.61. The van der Waals surface area contributed by atoms with Crippen molar-refractivity contribution in [1.29, 1.82) is 0 Å². The van der Waals surface area contributed by atoms with Crippen LogP contribution in [0.25, 0.3) is 0 Å². The monoisotopic (exact) mass is 142 g/mol. The smallest absolute Gasteiger partial charge is 0.261 e. The summed E-state index contributed by atoms with van der Waals surface area (Å²) < 4.78 is 23.9. The normalized spacial score (nSPS) is 10.4. The molecular formula is C7H6F2N. The molecule has 1 rings (SSSR count). The Kier molecular flexibility index (Phi) is 1.94. The van der Waals surface area contributed by atoms with Crippen molar-refractivity contribution in [1.82, 2.24) is 4.98 Å². The summed E-state index contributed by atoms with van der Waals surface area (Å²) in [5.41, 5.74) is 0.0556. The Bertz CT molecular complexity index is 223. The van der Waals surface area contributed by atoms with Gasteiger partial charge in [-0.15, -0.1) is 0 Å². The van der Waals surface area contributed by atoms with E-state index in [1.165, 1.54) is 18.3 Å². The van der Waals surface area contributed by atoms with Crippen molar-refractivity contribution >= 4 is 0 Å². The summed E-state index contributed by atoms with van der Waals surface area (Å²) in [6.45, 7) is 3.35. The molecule has 0 amide bonds. The maximum absolute atomic E-state index is 11.9. The third-order valence-corrected chi connectivity index (χ3v) is 1.16. The molecule has 0 aromatic carbocycles. The third-order valence-electron chi connectivity index (χ3n) is 1.16. The number of pyridine rings is 1. The molecule has 10 heavy (non-hydrogen) atoms. The van der Waals surface area contributed by atoms with E-state index in [0.29, 0.717) is 0 Å². The van der Waals surface area contributed by atoms with E-state index in [-0.39, 0.29) is 11.3 Å². The predicted octanol–water partition coefficient (Wildman–Crippen LogP) is 2.20. The predicted molar refractivity (Wildman–Crippen MR) is 33.7 cm³/mol.